The van der Waals surface area contributed by atoms with E-state index in [0.717, 1.165) is 22.4 Å². The van der Waals surface area contributed by atoms with Gasteiger partial charge in [-0.25, -0.2) is 8.42 Å². The van der Waals surface area contributed by atoms with E-state index in [0.29, 0.717) is 37.4 Å². The monoisotopic (exact) mass is 474 g/mol. The van der Waals surface area contributed by atoms with E-state index in [-0.39, 0.29) is 18.2 Å². The second kappa shape index (κ2) is 11.2. The topological polar surface area (TPSA) is 94.2 Å². The number of sulfonamides is 1. The molecule has 0 saturated heterocycles. The molecular weight excluding hydrogens is 444 g/mol. The van der Waals surface area contributed by atoms with E-state index >= 15 is 0 Å². The maximum atomic E-state index is 12.7. The molecule has 0 radical (unpaired) electrons. The summed E-state index contributed by atoms with van der Waals surface area (Å²) < 4.78 is 42.7. The number of ether oxygens (including phenoxy) is 3. The van der Waals surface area contributed by atoms with E-state index in [1.54, 1.807) is 39.5 Å². The van der Waals surface area contributed by atoms with Crippen molar-refractivity contribution in [3.8, 4) is 17.2 Å². The van der Waals surface area contributed by atoms with E-state index in [1.807, 2.05) is 24.3 Å². The Labute approximate surface area is 195 Å². The fraction of sp³-hybridized carbons (Fsp3) is 0.375. The lowest BCUT2D eigenvalue weighted by molar-refractivity contribution is -0.116. The van der Waals surface area contributed by atoms with Crippen LogP contribution in [-0.4, -0.2) is 58.8 Å². The zero-order valence-electron chi connectivity index (χ0n) is 19.2. The number of nitrogens with zero attached hydrogens (tertiary/aromatic N) is 1. The molecule has 0 unspecified atom stereocenters. The Bertz CT molecular complexity index is 1110. The van der Waals surface area contributed by atoms with Gasteiger partial charge in [0.1, 0.15) is 5.75 Å². The molecule has 1 heterocycles. The third-order valence-corrected chi connectivity index (χ3v) is 7.40. The SMILES string of the molecule is COc1ccc2c(c1)CCN(S(=O)(=O)CCCNC(=O)/C=C/c1ccc(OC)c(OC)c1)C2. The van der Waals surface area contributed by atoms with Gasteiger partial charge in [0.15, 0.2) is 11.5 Å². The zero-order valence-corrected chi connectivity index (χ0v) is 20.0. The molecule has 1 amide bonds. The number of rotatable bonds is 10. The van der Waals surface area contributed by atoms with Gasteiger partial charge in [-0.05, 0) is 59.9 Å². The molecule has 1 N–H and O–H groups in total. The lowest BCUT2D eigenvalue weighted by atomic mass is 10.0. The summed E-state index contributed by atoms with van der Waals surface area (Å²) in [6.45, 7) is 1.08. The summed E-state index contributed by atoms with van der Waals surface area (Å²) in [6, 6.07) is 11.1. The number of amides is 1. The van der Waals surface area contributed by atoms with Gasteiger partial charge in [-0.1, -0.05) is 12.1 Å². The van der Waals surface area contributed by atoms with Gasteiger partial charge in [-0.2, -0.15) is 4.31 Å². The molecule has 9 heteroatoms. The predicted octanol–water partition coefficient (Wildman–Crippen LogP) is 2.62. The highest BCUT2D eigenvalue weighted by atomic mass is 32.2. The van der Waals surface area contributed by atoms with Crippen molar-refractivity contribution >= 4 is 22.0 Å². The van der Waals surface area contributed by atoms with Crippen LogP contribution < -0.4 is 19.5 Å². The molecule has 0 bridgehead atoms. The lowest BCUT2D eigenvalue weighted by Gasteiger charge is -2.28. The average molecular weight is 475 g/mol. The summed E-state index contributed by atoms with van der Waals surface area (Å²) in [6.07, 6.45) is 4.06. The molecule has 3 rings (SSSR count). The van der Waals surface area contributed by atoms with Gasteiger partial charge >= 0.3 is 0 Å². The van der Waals surface area contributed by atoms with Gasteiger partial charge < -0.3 is 19.5 Å². The summed E-state index contributed by atoms with van der Waals surface area (Å²) in [5.41, 5.74) is 2.90. The first-order chi connectivity index (χ1) is 15.9. The Hall–Kier alpha value is -3.04. The number of hydrogen-bond acceptors (Lipinski definition) is 6. The van der Waals surface area contributed by atoms with E-state index < -0.39 is 10.0 Å². The number of nitrogens with one attached hydrogen (secondary N) is 1. The Morgan fingerprint density at radius 1 is 1.03 bits per heavy atom. The van der Waals surface area contributed by atoms with Crippen molar-refractivity contribution in [1.82, 2.24) is 9.62 Å². The Balaban J connectivity index is 1.46. The van der Waals surface area contributed by atoms with E-state index in [4.69, 9.17) is 14.2 Å². The van der Waals surface area contributed by atoms with Crippen LogP contribution in [0.1, 0.15) is 23.1 Å². The Kier molecular flexibility index (Phi) is 8.35. The van der Waals surface area contributed by atoms with E-state index in [1.165, 1.54) is 10.4 Å². The Morgan fingerprint density at radius 2 is 1.82 bits per heavy atom. The number of benzene rings is 2. The third-order valence-electron chi connectivity index (χ3n) is 5.50. The van der Waals surface area contributed by atoms with Crippen LogP contribution in [0.3, 0.4) is 0 Å². The molecule has 2 aromatic carbocycles. The van der Waals surface area contributed by atoms with Crippen molar-refractivity contribution in [2.45, 2.75) is 19.4 Å². The van der Waals surface area contributed by atoms with Crippen molar-refractivity contribution < 1.29 is 27.4 Å². The number of carbonyl (C=O) groups is 1. The standard InChI is InChI=1S/C24H30N2O6S/c1-30-21-8-7-20-17-26(13-11-19(20)16-21)33(28,29)14-4-12-25-24(27)10-6-18-5-9-22(31-2)23(15-18)32-3/h5-10,15-16H,4,11-14,17H2,1-3H3,(H,25,27)/b10-6+. The van der Waals surface area contributed by atoms with Crippen molar-refractivity contribution in [3.05, 3.63) is 59.2 Å². The first-order valence-electron chi connectivity index (χ1n) is 10.7. The minimum atomic E-state index is -3.40. The normalized spacial score (nSPS) is 14.0. The number of carbonyl (C=O) groups excluding carboxylic acids is 1. The van der Waals surface area contributed by atoms with Gasteiger partial charge in [-0.15, -0.1) is 0 Å². The summed E-state index contributed by atoms with van der Waals surface area (Å²) in [5.74, 6) is 1.66. The van der Waals surface area contributed by atoms with Gasteiger partial charge in [0.05, 0.1) is 27.1 Å². The summed E-state index contributed by atoms with van der Waals surface area (Å²) >= 11 is 0. The van der Waals surface area contributed by atoms with Crippen LogP contribution in [0.15, 0.2) is 42.5 Å². The van der Waals surface area contributed by atoms with Crippen molar-refractivity contribution in [2.75, 3.05) is 40.2 Å². The highest BCUT2D eigenvalue weighted by Gasteiger charge is 2.26. The number of fused-ring (bicyclic) bond motifs is 1. The highest BCUT2D eigenvalue weighted by Crippen LogP contribution is 2.28. The van der Waals surface area contributed by atoms with E-state index in [9.17, 15) is 13.2 Å². The minimum Gasteiger partial charge on any atom is -0.497 e. The van der Waals surface area contributed by atoms with Gasteiger partial charge in [0.25, 0.3) is 0 Å². The zero-order chi connectivity index (χ0) is 23.8. The fourth-order valence-corrected chi connectivity index (χ4v) is 5.12. The van der Waals surface area contributed by atoms with Gasteiger partial charge in [0.2, 0.25) is 15.9 Å². The largest absolute Gasteiger partial charge is 0.497 e. The number of methoxy groups -OCH3 is 3. The molecular formula is C24H30N2O6S. The maximum absolute atomic E-state index is 12.7. The first-order valence-corrected chi connectivity index (χ1v) is 12.3. The van der Waals surface area contributed by atoms with Crippen LogP contribution in [0, 0.1) is 0 Å². The van der Waals surface area contributed by atoms with Crippen LogP contribution >= 0.6 is 0 Å². The van der Waals surface area contributed by atoms with Crippen LogP contribution in [-0.2, 0) is 27.8 Å². The van der Waals surface area contributed by atoms with Gasteiger partial charge in [-0.3, -0.25) is 4.79 Å². The van der Waals surface area contributed by atoms with Crippen LogP contribution in [0.5, 0.6) is 17.2 Å². The molecule has 33 heavy (non-hydrogen) atoms. The molecule has 2 aromatic rings. The van der Waals surface area contributed by atoms with Crippen LogP contribution in [0.2, 0.25) is 0 Å². The minimum absolute atomic E-state index is 0.0157. The highest BCUT2D eigenvalue weighted by molar-refractivity contribution is 7.89. The summed E-state index contributed by atoms with van der Waals surface area (Å²) in [5, 5.41) is 2.73. The van der Waals surface area contributed by atoms with Crippen molar-refractivity contribution in [3.63, 3.8) is 0 Å². The first kappa shape index (κ1) is 24.6. The molecule has 1 aliphatic rings. The molecule has 8 nitrogen and oxygen atoms in total. The number of hydrogen-bond donors (Lipinski definition) is 1. The third kappa shape index (κ3) is 6.49. The molecule has 178 valence electrons. The molecule has 0 spiro atoms. The predicted molar refractivity (Wildman–Crippen MR) is 127 cm³/mol. The van der Waals surface area contributed by atoms with Crippen molar-refractivity contribution in [1.29, 1.82) is 0 Å². The molecule has 0 atom stereocenters. The fourth-order valence-electron chi connectivity index (χ4n) is 3.65. The maximum Gasteiger partial charge on any atom is 0.243 e. The average Bonchev–Trinajstić information content (AvgIpc) is 2.84. The quantitative estimate of drug-likeness (QED) is 0.420. The van der Waals surface area contributed by atoms with Gasteiger partial charge in [0, 0.05) is 25.7 Å². The molecule has 0 fully saturated rings. The Morgan fingerprint density at radius 3 is 2.55 bits per heavy atom. The molecule has 0 saturated carbocycles. The second-order valence-electron chi connectivity index (χ2n) is 7.63. The van der Waals surface area contributed by atoms with E-state index in [2.05, 4.69) is 5.32 Å². The van der Waals surface area contributed by atoms with Crippen molar-refractivity contribution in [2.24, 2.45) is 0 Å². The molecule has 0 aromatic heterocycles. The second-order valence-corrected chi connectivity index (χ2v) is 9.72. The summed E-state index contributed by atoms with van der Waals surface area (Å²) in [7, 11) is 1.32. The van der Waals surface area contributed by atoms with Crippen LogP contribution in [0.25, 0.3) is 6.08 Å². The molecule has 1 aliphatic heterocycles. The molecule has 0 aliphatic carbocycles. The smallest absolute Gasteiger partial charge is 0.243 e. The lowest BCUT2D eigenvalue weighted by Crippen LogP contribution is -2.38. The summed E-state index contributed by atoms with van der Waals surface area (Å²) in [4.78, 5) is 12.1. The van der Waals surface area contributed by atoms with Crippen LogP contribution in [0.4, 0.5) is 0 Å².